The number of aliphatic imine (C=N–C) groups is 1. The molecule has 3 rings (SSSR count). The first-order valence-electron chi connectivity index (χ1n) is 7.77. The van der Waals surface area contributed by atoms with Crippen LogP contribution in [-0.2, 0) is 20.5 Å². The van der Waals surface area contributed by atoms with Gasteiger partial charge < -0.3 is 11.5 Å². The Hall–Kier alpha value is -2.35. The molecule has 0 radical (unpaired) electrons. The zero-order chi connectivity index (χ0) is 19.2. The van der Waals surface area contributed by atoms with E-state index in [2.05, 4.69) is 4.99 Å². The molecular weight excluding hydrogens is 377 g/mol. The summed E-state index contributed by atoms with van der Waals surface area (Å²) >= 11 is 12.3. The minimum absolute atomic E-state index is 0.103. The average molecular weight is 394 g/mol. The van der Waals surface area contributed by atoms with Crippen LogP contribution in [0.15, 0.2) is 38.4 Å². The van der Waals surface area contributed by atoms with Gasteiger partial charge in [-0.25, -0.2) is 9.79 Å². The number of hydrogen-bond donors (Lipinski definition) is 2. The number of benzene rings is 1. The number of allylic oxidation sites excluding steroid dienone is 1. The molecule has 4 N–H and O–H groups in total. The van der Waals surface area contributed by atoms with Crippen LogP contribution in [0.25, 0.3) is 5.57 Å². The van der Waals surface area contributed by atoms with E-state index in [0.717, 1.165) is 4.57 Å². The van der Waals surface area contributed by atoms with E-state index in [9.17, 15) is 9.59 Å². The van der Waals surface area contributed by atoms with Crippen molar-refractivity contribution < 1.29 is 0 Å². The van der Waals surface area contributed by atoms with Crippen molar-refractivity contribution in [2.24, 2.45) is 30.6 Å². The smallest absolute Gasteiger partial charge is 0.332 e. The number of hydrogen-bond acceptors (Lipinski definition) is 5. The van der Waals surface area contributed by atoms with Crippen molar-refractivity contribution in [1.29, 1.82) is 0 Å². The number of rotatable bonds is 2. The normalized spacial score (nSPS) is 14.1. The summed E-state index contributed by atoms with van der Waals surface area (Å²) in [5, 5.41) is 0.902. The summed E-state index contributed by atoms with van der Waals surface area (Å²) in [4.78, 5) is 29.2. The Labute approximate surface area is 159 Å². The number of aromatic nitrogens is 2. The maximum atomic E-state index is 12.7. The Bertz CT molecular complexity index is 1100. The second kappa shape index (κ2) is 6.75. The van der Waals surface area contributed by atoms with E-state index in [-0.39, 0.29) is 24.6 Å². The summed E-state index contributed by atoms with van der Waals surface area (Å²) in [6.07, 6.45) is 0.189. The lowest BCUT2D eigenvalue weighted by atomic mass is 9.94. The van der Waals surface area contributed by atoms with Crippen LogP contribution in [0.3, 0.4) is 0 Å². The molecule has 0 spiro atoms. The lowest BCUT2D eigenvalue weighted by molar-refractivity contribution is 0.678. The van der Waals surface area contributed by atoms with Gasteiger partial charge in [-0.15, -0.1) is 0 Å². The van der Waals surface area contributed by atoms with E-state index < -0.39 is 11.2 Å². The lowest BCUT2D eigenvalue weighted by Crippen LogP contribution is -2.38. The number of nitrogens with zero attached hydrogens (tertiary/aromatic N) is 3. The summed E-state index contributed by atoms with van der Waals surface area (Å²) in [5.41, 5.74) is 13.4. The Kier molecular flexibility index (Phi) is 4.79. The molecular formula is C17H17Cl2N5O2. The first kappa shape index (κ1) is 18.4. The highest BCUT2D eigenvalue weighted by Crippen LogP contribution is 2.34. The van der Waals surface area contributed by atoms with Crippen molar-refractivity contribution >= 4 is 40.4 Å². The fourth-order valence-electron chi connectivity index (χ4n) is 3.04. The van der Waals surface area contributed by atoms with Crippen LogP contribution in [0.4, 0.5) is 5.82 Å². The van der Waals surface area contributed by atoms with Crippen molar-refractivity contribution in [2.75, 3.05) is 6.54 Å². The predicted molar refractivity (Wildman–Crippen MR) is 104 cm³/mol. The van der Waals surface area contributed by atoms with Gasteiger partial charge in [-0.2, -0.15) is 0 Å². The van der Waals surface area contributed by atoms with Gasteiger partial charge in [0.25, 0.3) is 5.56 Å². The quantitative estimate of drug-likeness (QED) is 0.802. The molecule has 9 heteroatoms. The molecule has 1 aliphatic heterocycles. The predicted octanol–water partition coefficient (Wildman–Crippen LogP) is 1.35. The van der Waals surface area contributed by atoms with Crippen LogP contribution in [0, 0.1) is 0 Å². The second-order valence-electron chi connectivity index (χ2n) is 5.97. The Balaban J connectivity index is 2.36. The van der Waals surface area contributed by atoms with E-state index in [4.69, 9.17) is 34.7 Å². The van der Waals surface area contributed by atoms with Crippen LogP contribution in [0.1, 0.15) is 11.1 Å². The Morgan fingerprint density at radius 1 is 1.19 bits per heavy atom. The van der Waals surface area contributed by atoms with E-state index in [1.807, 2.05) is 0 Å². The molecule has 0 amide bonds. The molecule has 26 heavy (non-hydrogen) atoms. The molecule has 1 aliphatic rings. The molecule has 2 aromatic rings. The number of amidine groups is 1. The molecule has 0 atom stereocenters. The number of halogens is 2. The molecule has 0 bridgehead atoms. The topological polar surface area (TPSA) is 108 Å². The third kappa shape index (κ3) is 2.88. The molecule has 0 aliphatic carbocycles. The van der Waals surface area contributed by atoms with Gasteiger partial charge in [0.05, 0.1) is 5.56 Å². The van der Waals surface area contributed by atoms with Crippen LogP contribution in [0.2, 0.25) is 10.0 Å². The summed E-state index contributed by atoms with van der Waals surface area (Å²) in [6, 6.07) is 5.06. The van der Waals surface area contributed by atoms with Gasteiger partial charge in [-0.1, -0.05) is 29.3 Å². The monoisotopic (exact) mass is 393 g/mol. The van der Waals surface area contributed by atoms with Crippen molar-refractivity contribution in [3.8, 4) is 0 Å². The summed E-state index contributed by atoms with van der Waals surface area (Å²) in [7, 11) is 2.96. The zero-order valence-corrected chi connectivity index (χ0v) is 15.7. The van der Waals surface area contributed by atoms with Gasteiger partial charge in [-0.3, -0.25) is 13.9 Å². The van der Waals surface area contributed by atoms with E-state index >= 15 is 0 Å². The van der Waals surface area contributed by atoms with Crippen LogP contribution in [0.5, 0.6) is 0 Å². The highest BCUT2D eigenvalue weighted by molar-refractivity contribution is 6.36. The lowest BCUT2D eigenvalue weighted by Gasteiger charge is -2.14. The van der Waals surface area contributed by atoms with Crippen LogP contribution >= 0.6 is 23.2 Å². The molecule has 0 saturated heterocycles. The molecule has 7 nitrogen and oxygen atoms in total. The van der Waals surface area contributed by atoms with Gasteiger partial charge in [0.1, 0.15) is 11.7 Å². The summed E-state index contributed by atoms with van der Waals surface area (Å²) in [5.74, 6) is 0.372. The van der Waals surface area contributed by atoms with Gasteiger partial charge >= 0.3 is 5.69 Å². The fourth-order valence-corrected chi connectivity index (χ4v) is 3.56. The van der Waals surface area contributed by atoms with Gasteiger partial charge in [0.15, 0.2) is 0 Å². The highest BCUT2D eigenvalue weighted by Gasteiger charge is 2.25. The molecule has 1 aromatic heterocycles. The van der Waals surface area contributed by atoms with Gasteiger partial charge in [0, 0.05) is 42.7 Å². The third-order valence-electron chi connectivity index (χ3n) is 4.44. The standard InChI is InChI=1S/C17H17Cl2N5O2/c1-23-15-11(16(25)24(2)17(23)26)6-10(12(7-20)14(21)22-15)9-4-3-8(18)5-13(9)19/h3-5H,6-7,20H2,1-2H3,(H2,21,22). The molecule has 2 heterocycles. The summed E-state index contributed by atoms with van der Waals surface area (Å²) in [6.45, 7) is 0.103. The third-order valence-corrected chi connectivity index (χ3v) is 4.99. The SMILES string of the molecule is Cn1c2c(c(=O)n(C)c1=O)CC(c1ccc(Cl)cc1Cl)=C(CN)C(N)=N2. The Morgan fingerprint density at radius 3 is 2.50 bits per heavy atom. The zero-order valence-electron chi connectivity index (χ0n) is 14.2. The highest BCUT2D eigenvalue weighted by atomic mass is 35.5. The van der Waals surface area contributed by atoms with Crippen LogP contribution in [-0.4, -0.2) is 21.5 Å². The average Bonchev–Trinajstić information content (AvgIpc) is 2.74. The van der Waals surface area contributed by atoms with Crippen molar-refractivity contribution in [3.05, 3.63) is 65.8 Å². The minimum Gasteiger partial charge on any atom is -0.383 e. The molecule has 136 valence electrons. The molecule has 0 unspecified atom stereocenters. The maximum Gasteiger partial charge on any atom is 0.332 e. The van der Waals surface area contributed by atoms with Gasteiger partial charge in [0.2, 0.25) is 0 Å². The second-order valence-corrected chi connectivity index (χ2v) is 6.81. The molecule has 0 saturated carbocycles. The minimum atomic E-state index is -0.479. The van der Waals surface area contributed by atoms with E-state index in [1.54, 1.807) is 25.2 Å². The van der Waals surface area contributed by atoms with E-state index in [1.165, 1.54) is 11.6 Å². The first-order chi connectivity index (χ1) is 12.3. The molecule has 0 fully saturated rings. The number of nitrogens with two attached hydrogens (primary N) is 2. The number of fused-ring (bicyclic) bond motifs is 1. The van der Waals surface area contributed by atoms with Gasteiger partial charge in [-0.05, 0) is 23.3 Å². The molecule has 1 aromatic carbocycles. The Morgan fingerprint density at radius 2 is 1.88 bits per heavy atom. The van der Waals surface area contributed by atoms with Crippen molar-refractivity contribution in [3.63, 3.8) is 0 Å². The van der Waals surface area contributed by atoms with E-state index in [0.29, 0.717) is 32.3 Å². The maximum absolute atomic E-state index is 12.7. The largest absolute Gasteiger partial charge is 0.383 e. The fraction of sp³-hybridized carbons (Fsp3) is 0.235. The van der Waals surface area contributed by atoms with Crippen molar-refractivity contribution in [2.45, 2.75) is 6.42 Å². The summed E-state index contributed by atoms with van der Waals surface area (Å²) < 4.78 is 2.34. The van der Waals surface area contributed by atoms with Crippen LogP contribution < -0.4 is 22.7 Å². The first-order valence-corrected chi connectivity index (χ1v) is 8.52. The van der Waals surface area contributed by atoms with Crippen molar-refractivity contribution in [1.82, 2.24) is 9.13 Å².